The molecule has 142 valence electrons. The Morgan fingerprint density at radius 3 is 2.52 bits per heavy atom. The van der Waals surface area contributed by atoms with Crippen molar-refractivity contribution in [2.75, 3.05) is 7.11 Å². The maximum absolute atomic E-state index is 12.6. The molecule has 0 amide bonds. The summed E-state index contributed by atoms with van der Waals surface area (Å²) in [6.45, 7) is 4.27. The van der Waals surface area contributed by atoms with E-state index in [0.717, 1.165) is 10.1 Å². The van der Waals surface area contributed by atoms with Crippen molar-refractivity contribution in [3.8, 4) is 17.5 Å². The van der Waals surface area contributed by atoms with Gasteiger partial charge in [-0.05, 0) is 31.5 Å². The summed E-state index contributed by atoms with van der Waals surface area (Å²) < 4.78 is 15.4. The van der Waals surface area contributed by atoms with E-state index >= 15 is 0 Å². The summed E-state index contributed by atoms with van der Waals surface area (Å²) in [7, 11) is 4.58. The SMILES string of the molecule is C/C=C/c1ccc(Oc2nc3c(c(=O)n(C)c(=O)n3C)n2CC)c(OC)c1. The Hall–Kier alpha value is -3.29. The average Bonchev–Trinajstić information content (AvgIpc) is 3.04. The molecule has 0 aliphatic heterocycles. The topological polar surface area (TPSA) is 80.3 Å². The molecule has 0 radical (unpaired) electrons. The van der Waals surface area contributed by atoms with Gasteiger partial charge in [0.15, 0.2) is 22.7 Å². The Balaban J connectivity index is 2.19. The van der Waals surface area contributed by atoms with E-state index in [1.54, 1.807) is 24.8 Å². The Morgan fingerprint density at radius 2 is 1.89 bits per heavy atom. The number of rotatable bonds is 5. The van der Waals surface area contributed by atoms with Crippen LogP contribution in [0.15, 0.2) is 33.9 Å². The zero-order valence-electron chi connectivity index (χ0n) is 16.0. The summed E-state index contributed by atoms with van der Waals surface area (Å²) in [4.78, 5) is 29.2. The first-order valence-corrected chi connectivity index (χ1v) is 8.57. The Labute approximate surface area is 155 Å². The number of fused-ring (bicyclic) bond motifs is 1. The molecule has 8 nitrogen and oxygen atoms in total. The van der Waals surface area contributed by atoms with E-state index in [0.29, 0.717) is 23.6 Å². The van der Waals surface area contributed by atoms with Crippen LogP contribution in [-0.2, 0) is 20.6 Å². The van der Waals surface area contributed by atoms with E-state index in [9.17, 15) is 9.59 Å². The second kappa shape index (κ2) is 7.14. The van der Waals surface area contributed by atoms with Gasteiger partial charge in [0.05, 0.1) is 7.11 Å². The summed E-state index contributed by atoms with van der Waals surface area (Å²) >= 11 is 0. The van der Waals surface area contributed by atoms with Gasteiger partial charge in [-0.3, -0.25) is 18.5 Å². The van der Waals surface area contributed by atoms with Crippen molar-refractivity contribution < 1.29 is 9.47 Å². The Kier molecular flexibility index (Phi) is 4.89. The molecule has 0 aliphatic rings. The van der Waals surface area contributed by atoms with Crippen LogP contribution in [0.4, 0.5) is 0 Å². The summed E-state index contributed by atoms with van der Waals surface area (Å²) in [5, 5.41) is 0. The van der Waals surface area contributed by atoms with Crippen LogP contribution >= 0.6 is 0 Å². The third-order valence-electron chi connectivity index (χ3n) is 4.38. The number of hydrogen-bond acceptors (Lipinski definition) is 5. The van der Waals surface area contributed by atoms with Crippen molar-refractivity contribution in [3.05, 3.63) is 50.7 Å². The van der Waals surface area contributed by atoms with Crippen molar-refractivity contribution in [2.45, 2.75) is 20.4 Å². The lowest BCUT2D eigenvalue weighted by molar-refractivity contribution is 0.360. The number of nitrogens with zero attached hydrogens (tertiary/aromatic N) is 4. The van der Waals surface area contributed by atoms with E-state index in [4.69, 9.17) is 9.47 Å². The van der Waals surface area contributed by atoms with Gasteiger partial charge in [-0.15, -0.1) is 0 Å². The molecule has 8 heteroatoms. The van der Waals surface area contributed by atoms with Gasteiger partial charge in [-0.1, -0.05) is 18.2 Å². The molecule has 27 heavy (non-hydrogen) atoms. The number of ether oxygens (including phenoxy) is 2. The predicted octanol–water partition coefficient (Wildman–Crippen LogP) is 2.29. The van der Waals surface area contributed by atoms with Crippen LogP contribution in [-0.4, -0.2) is 25.8 Å². The van der Waals surface area contributed by atoms with Gasteiger partial charge < -0.3 is 9.47 Å². The second-order valence-electron chi connectivity index (χ2n) is 6.03. The number of benzene rings is 1. The number of aromatic nitrogens is 4. The fourth-order valence-electron chi connectivity index (χ4n) is 2.96. The van der Waals surface area contributed by atoms with Crippen LogP contribution in [0.3, 0.4) is 0 Å². The molecule has 0 spiro atoms. The molecular formula is C19H22N4O4. The number of imidazole rings is 1. The maximum Gasteiger partial charge on any atom is 0.332 e. The lowest BCUT2D eigenvalue weighted by Gasteiger charge is -2.11. The first kappa shape index (κ1) is 18.5. The summed E-state index contributed by atoms with van der Waals surface area (Å²) in [6.07, 6.45) is 3.88. The molecule has 0 atom stereocenters. The molecule has 0 saturated carbocycles. The van der Waals surface area contributed by atoms with E-state index in [2.05, 4.69) is 4.98 Å². The van der Waals surface area contributed by atoms with E-state index in [1.165, 1.54) is 11.6 Å². The van der Waals surface area contributed by atoms with Gasteiger partial charge in [-0.2, -0.15) is 4.98 Å². The molecule has 0 fully saturated rings. The Morgan fingerprint density at radius 1 is 1.15 bits per heavy atom. The molecule has 2 heterocycles. The monoisotopic (exact) mass is 370 g/mol. The fourth-order valence-corrected chi connectivity index (χ4v) is 2.96. The molecule has 0 saturated heterocycles. The fraction of sp³-hybridized carbons (Fsp3) is 0.316. The van der Waals surface area contributed by atoms with Crippen molar-refractivity contribution in [2.24, 2.45) is 14.1 Å². The molecule has 3 rings (SSSR count). The van der Waals surface area contributed by atoms with Crippen LogP contribution < -0.4 is 20.7 Å². The largest absolute Gasteiger partial charge is 0.493 e. The van der Waals surface area contributed by atoms with Gasteiger partial charge in [-0.25, -0.2) is 4.79 Å². The van der Waals surface area contributed by atoms with Crippen LogP contribution in [0.2, 0.25) is 0 Å². The van der Waals surface area contributed by atoms with Crippen molar-refractivity contribution >= 4 is 17.2 Å². The van der Waals surface area contributed by atoms with Gasteiger partial charge >= 0.3 is 11.7 Å². The molecular weight excluding hydrogens is 348 g/mol. The molecule has 0 bridgehead atoms. The highest BCUT2D eigenvalue weighted by atomic mass is 16.5. The van der Waals surface area contributed by atoms with Crippen molar-refractivity contribution in [1.82, 2.24) is 18.7 Å². The van der Waals surface area contributed by atoms with E-state index in [1.807, 2.05) is 38.1 Å². The first-order valence-electron chi connectivity index (χ1n) is 8.57. The van der Waals surface area contributed by atoms with Crippen LogP contribution in [0.1, 0.15) is 19.4 Å². The van der Waals surface area contributed by atoms with Gasteiger partial charge in [0.1, 0.15) is 0 Å². The third kappa shape index (κ3) is 3.03. The van der Waals surface area contributed by atoms with Gasteiger partial charge in [0.25, 0.3) is 5.56 Å². The van der Waals surface area contributed by atoms with Gasteiger partial charge in [0.2, 0.25) is 0 Å². The highest BCUT2D eigenvalue weighted by Gasteiger charge is 2.20. The smallest absolute Gasteiger partial charge is 0.332 e. The molecule has 0 unspecified atom stereocenters. The summed E-state index contributed by atoms with van der Waals surface area (Å²) in [6, 6.07) is 5.75. The normalized spacial score (nSPS) is 11.4. The Bertz CT molecular complexity index is 1150. The van der Waals surface area contributed by atoms with Gasteiger partial charge in [0, 0.05) is 20.6 Å². The lowest BCUT2D eigenvalue weighted by atomic mass is 10.2. The number of allylic oxidation sites excluding steroid dienone is 1. The third-order valence-corrected chi connectivity index (χ3v) is 4.38. The van der Waals surface area contributed by atoms with Crippen LogP contribution in [0.5, 0.6) is 17.5 Å². The van der Waals surface area contributed by atoms with Crippen molar-refractivity contribution in [1.29, 1.82) is 0 Å². The minimum absolute atomic E-state index is 0.225. The quantitative estimate of drug-likeness (QED) is 0.688. The minimum Gasteiger partial charge on any atom is -0.493 e. The van der Waals surface area contributed by atoms with E-state index < -0.39 is 11.2 Å². The first-order chi connectivity index (χ1) is 12.9. The minimum atomic E-state index is -0.437. The van der Waals surface area contributed by atoms with Crippen LogP contribution in [0.25, 0.3) is 17.2 Å². The zero-order valence-corrected chi connectivity index (χ0v) is 16.0. The highest BCUT2D eigenvalue weighted by Crippen LogP contribution is 2.33. The highest BCUT2D eigenvalue weighted by molar-refractivity contribution is 5.72. The maximum atomic E-state index is 12.6. The zero-order chi connectivity index (χ0) is 19.7. The van der Waals surface area contributed by atoms with Crippen LogP contribution in [0, 0.1) is 0 Å². The lowest BCUT2D eigenvalue weighted by Crippen LogP contribution is -2.37. The summed E-state index contributed by atoms with van der Waals surface area (Å²) in [5.74, 6) is 1.01. The molecule has 0 N–H and O–H groups in total. The summed E-state index contributed by atoms with van der Waals surface area (Å²) in [5.41, 5.74) is 0.730. The molecule has 3 aromatic rings. The second-order valence-corrected chi connectivity index (χ2v) is 6.03. The predicted molar refractivity (Wildman–Crippen MR) is 104 cm³/mol. The number of hydrogen-bond donors (Lipinski definition) is 0. The average molecular weight is 370 g/mol. The van der Waals surface area contributed by atoms with Crippen molar-refractivity contribution in [3.63, 3.8) is 0 Å². The number of aryl methyl sites for hydroxylation is 2. The standard InChI is InChI=1S/C19H22N4O4/c1-6-8-12-9-10-13(14(11-12)26-5)27-18-20-16-15(23(18)7-2)17(24)22(4)19(25)21(16)3/h6,8-11H,7H2,1-5H3/b8-6+. The molecule has 1 aromatic carbocycles. The molecule has 0 aliphatic carbocycles. The molecule has 2 aromatic heterocycles. The number of methoxy groups -OCH3 is 1. The van der Waals surface area contributed by atoms with E-state index in [-0.39, 0.29) is 11.7 Å².